The van der Waals surface area contributed by atoms with Crippen LogP contribution in [0.15, 0.2) is 65.7 Å². The maximum absolute atomic E-state index is 12.5. The first kappa shape index (κ1) is 21.1. The number of aryl methyl sites for hydroxylation is 1. The average Bonchev–Trinajstić information content (AvgIpc) is 3.26. The number of benzene rings is 2. The van der Waals surface area contributed by atoms with Gasteiger partial charge < -0.3 is 18.9 Å². The first-order chi connectivity index (χ1) is 14.6. The minimum Gasteiger partial charge on any atom is -0.497 e. The van der Waals surface area contributed by atoms with Gasteiger partial charge in [0, 0.05) is 32.0 Å². The molecule has 0 aliphatic heterocycles. The number of ether oxygens (including phenoxy) is 2. The molecule has 0 radical (unpaired) electrons. The van der Waals surface area contributed by atoms with Gasteiger partial charge in [0.1, 0.15) is 18.1 Å². The molecule has 0 aliphatic carbocycles. The quantitative estimate of drug-likeness (QED) is 0.474. The molecule has 0 N–H and O–H groups in total. The first-order valence-electron chi connectivity index (χ1n) is 9.62. The van der Waals surface area contributed by atoms with E-state index < -0.39 is 0 Å². The molecule has 2 aromatic carbocycles. The van der Waals surface area contributed by atoms with Gasteiger partial charge in [-0.2, -0.15) is 4.98 Å². The van der Waals surface area contributed by atoms with E-state index in [1.54, 1.807) is 25.1 Å². The van der Waals surface area contributed by atoms with Crippen molar-refractivity contribution in [1.82, 2.24) is 15.0 Å². The van der Waals surface area contributed by atoms with Gasteiger partial charge in [-0.05, 0) is 42.0 Å². The zero-order valence-corrected chi connectivity index (χ0v) is 17.2. The van der Waals surface area contributed by atoms with Crippen LogP contribution in [0.4, 0.5) is 0 Å². The number of carbonyl (C=O) groups excluding carboxylic acids is 1. The number of rotatable bonds is 10. The summed E-state index contributed by atoms with van der Waals surface area (Å²) in [7, 11) is 3.39. The molecular weight excluding hydrogens is 382 g/mol. The SMILES string of the molecule is C=CCOc1ccc(CN(C)C(=O)CCc2nc(-c3ccc(OC)cc3)no2)cc1. The van der Waals surface area contributed by atoms with Crippen LogP contribution in [0.25, 0.3) is 11.4 Å². The van der Waals surface area contributed by atoms with Crippen LogP contribution >= 0.6 is 0 Å². The average molecular weight is 407 g/mol. The standard InChI is InChI=1S/C23H25N3O4/c1-4-15-29-20-9-5-17(6-10-20)16-26(2)22(27)14-13-21-24-23(25-30-21)18-7-11-19(28-3)12-8-18/h4-12H,1,13-16H2,2-3H3. The van der Waals surface area contributed by atoms with Gasteiger partial charge in [-0.15, -0.1) is 0 Å². The van der Waals surface area contributed by atoms with Crippen LogP contribution in [0.1, 0.15) is 17.9 Å². The normalized spacial score (nSPS) is 10.5. The second-order valence-electron chi connectivity index (χ2n) is 6.73. The molecule has 0 fully saturated rings. The molecule has 1 aromatic heterocycles. The number of nitrogens with zero attached hydrogens (tertiary/aromatic N) is 3. The van der Waals surface area contributed by atoms with E-state index >= 15 is 0 Å². The van der Waals surface area contributed by atoms with E-state index in [9.17, 15) is 4.79 Å². The molecule has 1 amide bonds. The monoisotopic (exact) mass is 407 g/mol. The van der Waals surface area contributed by atoms with E-state index in [2.05, 4.69) is 16.7 Å². The molecule has 156 valence electrons. The van der Waals surface area contributed by atoms with Crippen LogP contribution in [-0.4, -0.2) is 41.7 Å². The number of aromatic nitrogens is 2. The third kappa shape index (κ3) is 5.70. The lowest BCUT2D eigenvalue weighted by atomic mass is 10.2. The molecule has 0 bridgehead atoms. The summed E-state index contributed by atoms with van der Waals surface area (Å²) in [6, 6.07) is 15.1. The van der Waals surface area contributed by atoms with Gasteiger partial charge in [-0.1, -0.05) is 29.9 Å². The van der Waals surface area contributed by atoms with Crippen molar-refractivity contribution in [2.75, 3.05) is 20.8 Å². The third-order valence-electron chi connectivity index (χ3n) is 4.51. The fourth-order valence-electron chi connectivity index (χ4n) is 2.83. The van der Waals surface area contributed by atoms with Crippen molar-refractivity contribution < 1.29 is 18.8 Å². The fourth-order valence-corrected chi connectivity index (χ4v) is 2.83. The van der Waals surface area contributed by atoms with Gasteiger partial charge in [0.2, 0.25) is 17.6 Å². The Morgan fingerprint density at radius 3 is 2.50 bits per heavy atom. The molecule has 7 heteroatoms. The van der Waals surface area contributed by atoms with Crippen LogP contribution in [0.2, 0.25) is 0 Å². The van der Waals surface area contributed by atoms with Gasteiger partial charge in [0.25, 0.3) is 0 Å². The molecule has 0 atom stereocenters. The topological polar surface area (TPSA) is 77.7 Å². The molecular formula is C23H25N3O4. The molecule has 3 rings (SSSR count). The molecule has 30 heavy (non-hydrogen) atoms. The lowest BCUT2D eigenvalue weighted by Gasteiger charge is -2.17. The molecule has 3 aromatic rings. The number of amides is 1. The highest BCUT2D eigenvalue weighted by molar-refractivity contribution is 5.76. The number of hydrogen-bond acceptors (Lipinski definition) is 6. The van der Waals surface area contributed by atoms with Crippen LogP contribution < -0.4 is 9.47 Å². The zero-order chi connectivity index (χ0) is 21.3. The van der Waals surface area contributed by atoms with E-state index in [1.807, 2.05) is 48.5 Å². The molecule has 7 nitrogen and oxygen atoms in total. The van der Waals surface area contributed by atoms with Gasteiger partial charge in [-0.25, -0.2) is 0 Å². The van der Waals surface area contributed by atoms with E-state index in [4.69, 9.17) is 14.0 Å². The summed E-state index contributed by atoms with van der Waals surface area (Å²) in [6.07, 6.45) is 2.38. The van der Waals surface area contributed by atoms with Crippen LogP contribution in [0.3, 0.4) is 0 Å². The van der Waals surface area contributed by atoms with E-state index in [0.29, 0.717) is 37.7 Å². The Morgan fingerprint density at radius 1 is 1.13 bits per heavy atom. The fraction of sp³-hybridized carbons (Fsp3) is 0.261. The van der Waals surface area contributed by atoms with Crippen molar-refractivity contribution in [3.63, 3.8) is 0 Å². The smallest absolute Gasteiger partial charge is 0.227 e. The summed E-state index contributed by atoms with van der Waals surface area (Å²) >= 11 is 0. The Balaban J connectivity index is 1.50. The third-order valence-corrected chi connectivity index (χ3v) is 4.51. The number of hydrogen-bond donors (Lipinski definition) is 0. The Hall–Kier alpha value is -3.61. The maximum Gasteiger partial charge on any atom is 0.227 e. The van der Waals surface area contributed by atoms with Gasteiger partial charge in [-0.3, -0.25) is 4.79 Å². The molecule has 0 saturated carbocycles. The van der Waals surface area contributed by atoms with Gasteiger partial charge in [0.05, 0.1) is 7.11 Å². The predicted molar refractivity (Wildman–Crippen MR) is 113 cm³/mol. The summed E-state index contributed by atoms with van der Waals surface area (Å²) < 4.78 is 15.9. The van der Waals surface area contributed by atoms with Crippen molar-refractivity contribution in [2.45, 2.75) is 19.4 Å². The predicted octanol–water partition coefficient (Wildman–Crippen LogP) is 3.90. The highest BCUT2D eigenvalue weighted by Gasteiger charge is 2.14. The van der Waals surface area contributed by atoms with Crippen LogP contribution in [-0.2, 0) is 17.8 Å². The number of carbonyl (C=O) groups is 1. The second kappa shape index (κ2) is 10.2. The number of methoxy groups -OCH3 is 1. The summed E-state index contributed by atoms with van der Waals surface area (Å²) in [4.78, 5) is 18.5. The summed E-state index contributed by atoms with van der Waals surface area (Å²) in [6.45, 7) is 4.61. The summed E-state index contributed by atoms with van der Waals surface area (Å²) in [5.74, 6) is 2.47. The largest absolute Gasteiger partial charge is 0.497 e. The van der Waals surface area contributed by atoms with Crippen molar-refractivity contribution in [1.29, 1.82) is 0 Å². The molecule has 0 aliphatic rings. The Labute approximate surface area is 175 Å². The molecule has 0 unspecified atom stereocenters. The van der Waals surface area contributed by atoms with Crippen molar-refractivity contribution in [3.8, 4) is 22.9 Å². The van der Waals surface area contributed by atoms with E-state index in [0.717, 1.165) is 22.6 Å². The van der Waals surface area contributed by atoms with Gasteiger partial charge in [0.15, 0.2) is 0 Å². The summed E-state index contributed by atoms with van der Waals surface area (Å²) in [5, 5.41) is 3.99. The second-order valence-corrected chi connectivity index (χ2v) is 6.73. The minimum absolute atomic E-state index is 0.00572. The zero-order valence-electron chi connectivity index (χ0n) is 17.2. The molecule has 1 heterocycles. The highest BCUT2D eigenvalue weighted by Crippen LogP contribution is 2.20. The minimum atomic E-state index is 0.00572. The highest BCUT2D eigenvalue weighted by atomic mass is 16.5. The van der Waals surface area contributed by atoms with E-state index in [-0.39, 0.29) is 5.91 Å². The molecule has 0 saturated heterocycles. The van der Waals surface area contributed by atoms with Gasteiger partial charge >= 0.3 is 0 Å². The molecule has 0 spiro atoms. The van der Waals surface area contributed by atoms with Crippen molar-refractivity contribution >= 4 is 5.91 Å². The maximum atomic E-state index is 12.5. The Bertz CT molecular complexity index is 965. The lowest BCUT2D eigenvalue weighted by Crippen LogP contribution is -2.26. The van der Waals surface area contributed by atoms with E-state index in [1.165, 1.54) is 0 Å². The van der Waals surface area contributed by atoms with Crippen molar-refractivity contribution in [3.05, 3.63) is 72.6 Å². The van der Waals surface area contributed by atoms with Crippen molar-refractivity contribution in [2.24, 2.45) is 0 Å². The first-order valence-corrected chi connectivity index (χ1v) is 9.62. The summed E-state index contributed by atoms with van der Waals surface area (Å²) in [5.41, 5.74) is 1.85. The Kier molecular flexibility index (Phi) is 7.21. The Morgan fingerprint density at radius 2 is 1.83 bits per heavy atom. The van der Waals surface area contributed by atoms with Crippen LogP contribution in [0, 0.1) is 0 Å². The lowest BCUT2D eigenvalue weighted by molar-refractivity contribution is -0.130. The van der Waals surface area contributed by atoms with Crippen LogP contribution in [0.5, 0.6) is 11.5 Å².